The maximum Gasteiger partial charge on any atom is 0.266 e. The van der Waals surface area contributed by atoms with Crippen molar-refractivity contribution < 1.29 is 28.7 Å². The molecule has 0 bridgehead atoms. The van der Waals surface area contributed by atoms with Gasteiger partial charge in [0.2, 0.25) is 0 Å². The van der Waals surface area contributed by atoms with Gasteiger partial charge in [0.25, 0.3) is 23.6 Å². The van der Waals surface area contributed by atoms with Gasteiger partial charge in [-0.15, -0.1) is 0 Å². The molecule has 452 valence electrons. The van der Waals surface area contributed by atoms with Crippen molar-refractivity contribution in [1.29, 1.82) is 0 Å². The van der Waals surface area contributed by atoms with Crippen molar-refractivity contribution in [3.63, 3.8) is 0 Å². The first-order chi connectivity index (χ1) is 44.7. The third-order valence-corrected chi connectivity index (χ3v) is 19.3. The number of para-hydroxylation sites is 4. The summed E-state index contributed by atoms with van der Waals surface area (Å²) in [5.74, 6) is 3.08. The molecule has 2 aliphatic rings. The Morgan fingerprint density at radius 3 is 1.14 bits per heavy atom. The van der Waals surface area contributed by atoms with Crippen molar-refractivity contribution in [3.05, 3.63) is 250 Å². The van der Waals surface area contributed by atoms with Gasteiger partial charge >= 0.3 is 0 Å². The van der Waals surface area contributed by atoms with Crippen LogP contribution in [0, 0.1) is 6.92 Å². The Morgan fingerprint density at radius 2 is 0.685 bits per heavy atom. The summed E-state index contributed by atoms with van der Waals surface area (Å²) >= 11 is 0. The molecule has 0 atom stereocenters. The van der Waals surface area contributed by atoms with Crippen LogP contribution < -0.4 is 19.3 Å². The lowest BCUT2D eigenvalue weighted by Crippen LogP contribution is -2.41. The van der Waals surface area contributed by atoms with Crippen LogP contribution in [0.25, 0.3) is 86.2 Å². The minimum absolute atomic E-state index is 0.159. The van der Waals surface area contributed by atoms with Gasteiger partial charge in [-0.25, -0.2) is 9.80 Å². The van der Waals surface area contributed by atoms with Crippen molar-refractivity contribution in [1.82, 2.24) is 0 Å². The smallest absolute Gasteiger partial charge is 0.266 e. The van der Waals surface area contributed by atoms with E-state index < -0.39 is 0 Å². The molecule has 14 aromatic carbocycles. The zero-order valence-electron chi connectivity index (χ0n) is 53.4. The fourth-order valence-corrected chi connectivity index (χ4v) is 15.2. The number of fused-ring (bicyclic) bond motifs is 4. The van der Waals surface area contributed by atoms with E-state index in [2.05, 4.69) is 152 Å². The van der Waals surface area contributed by atoms with Crippen LogP contribution in [-0.2, 0) is 12.8 Å². The Hall–Kier alpha value is -10.4. The number of carbonyl (C=O) groups is 4. The highest BCUT2D eigenvalue weighted by molar-refractivity contribution is 6.44. The number of imide groups is 2. The monoisotopic (exact) mass is 1200 g/mol. The summed E-state index contributed by atoms with van der Waals surface area (Å²) < 4.78 is 13.2. The summed E-state index contributed by atoms with van der Waals surface area (Å²) in [5.41, 5.74) is 10.1. The molecule has 0 spiro atoms. The van der Waals surface area contributed by atoms with Gasteiger partial charge in [0.1, 0.15) is 23.0 Å². The molecule has 8 heteroatoms. The molecule has 0 unspecified atom stereocenters. The van der Waals surface area contributed by atoms with Crippen molar-refractivity contribution in [3.8, 4) is 23.0 Å². The van der Waals surface area contributed by atoms with Crippen LogP contribution in [0.2, 0.25) is 0 Å². The molecule has 0 radical (unpaired) electrons. The van der Waals surface area contributed by atoms with E-state index in [9.17, 15) is 19.2 Å². The molecule has 0 aromatic heterocycles. The van der Waals surface area contributed by atoms with Gasteiger partial charge in [-0.2, -0.15) is 0 Å². The number of amides is 4. The maximum atomic E-state index is 14.4. The molecular formula is C84H70N2O6. The first-order valence-electron chi connectivity index (χ1n) is 32.5. The van der Waals surface area contributed by atoms with Crippen molar-refractivity contribution >= 4 is 121 Å². The average molecular weight is 1200 g/mol. The third kappa shape index (κ3) is 8.85. The number of nitrogens with zero attached hydrogens (tertiary/aromatic N) is 2. The summed E-state index contributed by atoms with van der Waals surface area (Å²) in [5, 5.41) is 16.1. The lowest BCUT2D eigenvalue weighted by atomic mass is 9.84. The minimum Gasteiger partial charge on any atom is -0.457 e. The van der Waals surface area contributed by atoms with Gasteiger partial charge in [0.05, 0.1) is 11.4 Å². The SMILES string of the molecule is CCCc1cccc(C(C)C)c1N1C(=O)c2ccc3c4cccc5c(Oc6ccccc6)ccc(c6ccc(c2c36)C1=O)c54.CCCc1cccc(C)c1N1C(=O)c2ccc3c4cccc5c(Oc6c(C(C)C)cccc6C(C)C)ccc(c6ccc(c2c36)C1=O)c54. The second-order valence-corrected chi connectivity index (χ2v) is 25.9. The zero-order valence-corrected chi connectivity index (χ0v) is 53.4. The second-order valence-electron chi connectivity index (χ2n) is 25.9. The van der Waals surface area contributed by atoms with Crippen molar-refractivity contribution in [2.45, 2.75) is 106 Å². The summed E-state index contributed by atoms with van der Waals surface area (Å²) in [7, 11) is 0. The van der Waals surface area contributed by atoms with E-state index in [0.717, 1.165) is 168 Å². The number of carbonyl (C=O) groups excluding carboxylic acids is 4. The molecule has 0 N–H and O–H groups in total. The normalized spacial score (nSPS) is 13.3. The number of rotatable bonds is 13. The largest absolute Gasteiger partial charge is 0.457 e. The van der Waals surface area contributed by atoms with E-state index in [4.69, 9.17) is 9.47 Å². The van der Waals surface area contributed by atoms with Gasteiger partial charge in [-0.1, -0.05) is 202 Å². The predicted molar refractivity (Wildman–Crippen MR) is 378 cm³/mol. The quantitative estimate of drug-likeness (QED) is 0.0649. The maximum absolute atomic E-state index is 14.4. The van der Waals surface area contributed by atoms with E-state index in [-0.39, 0.29) is 29.5 Å². The van der Waals surface area contributed by atoms with Crippen LogP contribution >= 0.6 is 0 Å². The molecule has 0 saturated carbocycles. The number of hydrogen-bond donors (Lipinski definition) is 0. The molecule has 2 aliphatic heterocycles. The highest BCUT2D eigenvalue weighted by atomic mass is 16.5. The highest BCUT2D eigenvalue weighted by Crippen LogP contribution is 2.51. The van der Waals surface area contributed by atoms with E-state index in [0.29, 0.717) is 34.1 Å². The summed E-state index contributed by atoms with van der Waals surface area (Å²) in [6.45, 7) is 19.3. The van der Waals surface area contributed by atoms with E-state index in [1.807, 2.05) is 104 Å². The Kier molecular flexibility index (Phi) is 14.2. The van der Waals surface area contributed by atoms with E-state index in [1.165, 1.54) is 20.9 Å². The molecule has 16 rings (SSSR count). The Labute approximate surface area is 535 Å². The number of anilines is 2. The third-order valence-electron chi connectivity index (χ3n) is 19.3. The van der Waals surface area contributed by atoms with Gasteiger partial charge in [0.15, 0.2) is 0 Å². The number of hydrogen-bond acceptors (Lipinski definition) is 6. The topological polar surface area (TPSA) is 93.2 Å². The fourth-order valence-electron chi connectivity index (χ4n) is 15.2. The standard InChI is InChI=1S/C44H39NO3.C40H31NO3/c1-7-11-27-13-8-12-26(6)41(27)45-43(46)35-20-18-32-30-16-10-17-34-37(48-42-28(24(2)3)14-9-15-29(42)25(4)5)23-22-31(38(30)34)33-19-21-36(44(45)47)40(35)39(32)33;1-4-10-24-11-8-14-26(23(2)3)38(24)41-39(42)32-19-17-29-27-15-9-16-31-34(44-25-12-6-5-7-13-25)22-21-28(35(27)31)30-18-20-33(40(41)43)37(32)36(29)30/h8-10,12-25H,7,11H2,1-6H3;5-9,11-23H,4,10H2,1-3H3. The van der Waals surface area contributed by atoms with Gasteiger partial charge < -0.3 is 9.47 Å². The Balaban J connectivity index is 0.000000153. The van der Waals surface area contributed by atoms with Crippen LogP contribution in [-0.4, -0.2) is 23.6 Å². The van der Waals surface area contributed by atoms with Crippen LogP contribution in [0.1, 0.15) is 161 Å². The molecule has 92 heavy (non-hydrogen) atoms. The van der Waals surface area contributed by atoms with Crippen molar-refractivity contribution in [2.75, 3.05) is 9.80 Å². The van der Waals surface area contributed by atoms with Crippen molar-refractivity contribution in [2.24, 2.45) is 0 Å². The van der Waals surface area contributed by atoms with Gasteiger partial charge in [-0.3, -0.25) is 19.2 Å². The molecule has 0 fully saturated rings. The molecule has 0 saturated heterocycles. The first kappa shape index (κ1) is 58.0. The Bertz CT molecular complexity index is 5240. The molecular weight excluding hydrogens is 1130 g/mol. The van der Waals surface area contributed by atoms with Crippen LogP contribution in [0.15, 0.2) is 194 Å². The molecule has 14 aromatic rings. The number of benzene rings is 14. The lowest BCUT2D eigenvalue weighted by Gasteiger charge is -2.32. The fraction of sp³-hybridized carbons (Fsp3) is 0.190. The van der Waals surface area contributed by atoms with Crippen LogP contribution in [0.4, 0.5) is 11.4 Å². The summed E-state index contributed by atoms with van der Waals surface area (Å²) in [6.07, 6.45) is 3.44. The molecule has 0 aliphatic carbocycles. The highest BCUT2D eigenvalue weighted by Gasteiger charge is 2.39. The Morgan fingerprint density at radius 1 is 0.326 bits per heavy atom. The average Bonchev–Trinajstić information content (AvgIpc) is 0.705. The van der Waals surface area contributed by atoms with Gasteiger partial charge in [0, 0.05) is 54.6 Å². The van der Waals surface area contributed by atoms with Gasteiger partial charge in [-0.05, 0) is 185 Å². The zero-order chi connectivity index (χ0) is 63.5. The summed E-state index contributed by atoms with van der Waals surface area (Å²) in [6, 6.07) is 65.3. The minimum atomic E-state index is -0.264. The number of ether oxygens (including phenoxy) is 2. The van der Waals surface area contributed by atoms with E-state index in [1.54, 1.807) is 0 Å². The second kappa shape index (κ2) is 22.5. The lowest BCUT2D eigenvalue weighted by molar-refractivity contribution is 0.0877. The van der Waals surface area contributed by atoms with Crippen LogP contribution in [0.5, 0.6) is 23.0 Å². The molecule has 2 heterocycles. The van der Waals surface area contributed by atoms with E-state index >= 15 is 0 Å². The first-order valence-corrected chi connectivity index (χ1v) is 32.5. The molecule has 4 amide bonds. The van der Waals surface area contributed by atoms with Crippen LogP contribution in [0.3, 0.4) is 0 Å². The summed E-state index contributed by atoms with van der Waals surface area (Å²) in [4.78, 5) is 60.4. The predicted octanol–water partition coefficient (Wildman–Crippen LogP) is 22.2. The number of aryl methyl sites for hydroxylation is 3. The molecule has 8 nitrogen and oxygen atoms in total.